The maximum absolute atomic E-state index is 11.2. The minimum absolute atomic E-state index is 0.0525. The Labute approximate surface area is 111 Å². The summed E-state index contributed by atoms with van der Waals surface area (Å²) in [5.74, 6) is 0.00913. The van der Waals surface area contributed by atoms with Crippen LogP contribution in [0.3, 0.4) is 0 Å². The number of nitrogens with one attached hydrogen (secondary N) is 2. The number of nitrogens with two attached hydrogens (primary N) is 1. The lowest BCUT2D eigenvalue weighted by atomic mass is 9.93. The average Bonchev–Trinajstić information content (AvgIpc) is 2.37. The molecule has 0 aliphatic carbocycles. The minimum Gasteiger partial charge on any atom is -0.397 e. The van der Waals surface area contributed by atoms with Crippen molar-refractivity contribution >= 4 is 23.0 Å². The van der Waals surface area contributed by atoms with Crippen LogP contribution in [0.1, 0.15) is 18.9 Å². The van der Waals surface area contributed by atoms with Crippen LogP contribution in [-0.2, 0) is 4.79 Å². The number of aliphatic hydroxyl groups is 1. The summed E-state index contributed by atoms with van der Waals surface area (Å²) in [4.78, 5) is 11.2. The van der Waals surface area contributed by atoms with Gasteiger partial charge in [-0.25, -0.2) is 5.43 Å². The molecule has 5 N–H and O–H groups in total. The van der Waals surface area contributed by atoms with Crippen LogP contribution in [0, 0.1) is 5.92 Å². The molecule has 1 aliphatic heterocycles. The molecule has 0 radical (unpaired) electrons. The Balaban J connectivity index is 2.22. The van der Waals surface area contributed by atoms with Gasteiger partial charge < -0.3 is 16.2 Å². The summed E-state index contributed by atoms with van der Waals surface area (Å²) in [5, 5.41) is 15.9. The summed E-state index contributed by atoms with van der Waals surface area (Å²) in [5.41, 5.74) is 11.6. The fourth-order valence-electron chi connectivity index (χ4n) is 2.08. The number of hydrogen-bond donors (Lipinski definition) is 4. The predicted octanol–water partition coefficient (Wildman–Crippen LogP) is 0.533. The summed E-state index contributed by atoms with van der Waals surface area (Å²) in [7, 11) is 0. The molecule has 1 aromatic carbocycles. The van der Waals surface area contributed by atoms with E-state index in [1.165, 1.54) is 0 Å². The van der Waals surface area contributed by atoms with Gasteiger partial charge >= 0.3 is 0 Å². The standard InChI is InChI=1S/C13H18N4O2/c1-8-6-12(19)16-17-13(8)9-2-3-11(10(14)7-9)15-4-5-18/h2-3,7-8,15,18H,4-6,14H2,1H3,(H,16,19). The highest BCUT2D eigenvalue weighted by Gasteiger charge is 2.21. The second-order valence-corrected chi connectivity index (χ2v) is 4.59. The number of anilines is 2. The summed E-state index contributed by atoms with van der Waals surface area (Å²) in [6.45, 7) is 2.47. The van der Waals surface area contributed by atoms with Crippen molar-refractivity contribution in [1.82, 2.24) is 5.43 Å². The van der Waals surface area contributed by atoms with Gasteiger partial charge in [-0.15, -0.1) is 0 Å². The van der Waals surface area contributed by atoms with Gasteiger partial charge in [-0.3, -0.25) is 4.79 Å². The average molecular weight is 262 g/mol. The van der Waals surface area contributed by atoms with Gasteiger partial charge in [0.25, 0.3) is 0 Å². The van der Waals surface area contributed by atoms with Crippen molar-refractivity contribution in [2.24, 2.45) is 11.0 Å². The fraction of sp³-hybridized carbons (Fsp3) is 0.385. The Kier molecular flexibility index (Phi) is 4.01. The SMILES string of the molecule is CC1CC(=O)NN=C1c1ccc(NCCO)c(N)c1. The van der Waals surface area contributed by atoms with E-state index in [4.69, 9.17) is 10.8 Å². The first-order chi connectivity index (χ1) is 9.11. The molecule has 102 valence electrons. The molecule has 6 nitrogen and oxygen atoms in total. The van der Waals surface area contributed by atoms with E-state index in [0.29, 0.717) is 18.7 Å². The third-order valence-electron chi connectivity index (χ3n) is 3.03. The maximum atomic E-state index is 11.2. The van der Waals surface area contributed by atoms with Crippen molar-refractivity contribution in [3.63, 3.8) is 0 Å². The van der Waals surface area contributed by atoms with Crippen molar-refractivity contribution in [3.8, 4) is 0 Å². The first-order valence-electron chi connectivity index (χ1n) is 6.23. The zero-order valence-electron chi connectivity index (χ0n) is 10.8. The fourth-order valence-corrected chi connectivity index (χ4v) is 2.08. The Morgan fingerprint density at radius 2 is 2.37 bits per heavy atom. The van der Waals surface area contributed by atoms with Crippen LogP contribution < -0.4 is 16.5 Å². The van der Waals surface area contributed by atoms with E-state index in [0.717, 1.165) is 17.0 Å². The maximum Gasteiger partial charge on any atom is 0.240 e. The number of aliphatic hydroxyl groups excluding tert-OH is 1. The van der Waals surface area contributed by atoms with Crippen LogP contribution in [0.5, 0.6) is 0 Å². The molecule has 6 heteroatoms. The molecule has 0 bridgehead atoms. The number of benzene rings is 1. The van der Waals surface area contributed by atoms with E-state index in [-0.39, 0.29) is 18.4 Å². The van der Waals surface area contributed by atoms with E-state index in [1.54, 1.807) is 0 Å². The quantitative estimate of drug-likeness (QED) is 0.595. The zero-order valence-corrected chi connectivity index (χ0v) is 10.8. The Hall–Kier alpha value is -2.08. The number of carbonyl (C=O) groups excluding carboxylic acids is 1. The number of nitrogen functional groups attached to an aromatic ring is 1. The highest BCUT2D eigenvalue weighted by atomic mass is 16.3. The molecule has 1 amide bonds. The molecule has 2 rings (SSSR count). The largest absolute Gasteiger partial charge is 0.397 e. The third-order valence-corrected chi connectivity index (χ3v) is 3.03. The normalized spacial score (nSPS) is 18.7. The van der Waals surface area contributed by atoms with Crippen LogP contribution in [-0.4, -0.2) is 29.9 Å². The monoisotopic (exact) mass is 262 g/mol. The second kappa shape index (κ2) is 5.71. The predicted molar refractivity (Wildman–Crippen MR) is 74.9 cm³/mol. The summed E-state index contributed by atoms with van der Waals surface area (Å²) < 4.78 is 0. The van der Waals surface area contributed by atoms with Gasteiger partial charge in [0.05, 0.1) is 23.7 Å². The minimum atomic E-state index is -0.0644. The van der Waals surface area contributed by atoms with Gasteiger partial charge in [-0.2, -0.15) is 5.10 Å². The van der Waals surface area contributed by atoms with Gasteiger partial charge in [0.15, 0.2) is 0 Å². The van der Waals surface area contributed by atoms with Gasteiger partial charge in [-0.1, -0.05) is 13.0 Å². The number of rotatable bonds is 4. The first-order valence-corrected chi connectivity index (χ1v) is 6.23. The molecule has 1 unspecified atom stereocenters. The smallest absolute Gasteiger partial charge is 0.240 e. The van der Waals surface area contributed by atoms with Gasteiger partial charge in [0, 0.05) is 24.4 Å². The van der Waals surface area contributed by atoms with Crippen molar-refractivity contribution < 1.29 is 9.90 Å². The Bertz CT molecular complexity index is 513. The third kappa shape index (κ3) is 3.03. The van der Waals surface area contributed by atoms with Gasteiger partial charge in [-0.05, 0) is 12.1 Å². The number of amides is 1. The molecular formula is C13H18N4O2. The molecule has 1 heterocycles. The van der Waals surface area contributed by atoms with Crippen LogP contribution in [0.2, 0.25) is 0 Å². The number of hydrogen-bond acceptors (Lipinski definition) is 5. The van der Waals surface area contributed by atoms with E-state index in [2.05, 4.69) is 15.8 Å². The molecule has 1 aromatic rings. The summed E-state index contributed by atoms with van der Waals surface area (Å²) in [6, 6.07) is 5.58. The van der Waals surface area contributed by atoms with Crippen LogP contribution in [0.15, 0.2) is 23.3 Å². The summed E-state index contributed by atoms with van der Waals surface area (Å²) in [6.07, 6.45) is 0.434. The second-order valence-electron chi connectivity index (χ2n) is 4.59. The van der Waals surface area contributed by atoms with Crippen LogP contribution in [0.4, 0.5) is 11.4 Å². The highest BCUT2D eigenvalue weighted by Crippen LogP contribution is 2.23. The first kappa shape index (κ1) is 13.4. The molecular weight excluding hydrogens is 244 g/mol. The van der Waals surface area contributed by atoms with E-state index >= 15 is 0 Å². The van der Waals surface area contributed by atoms with Crippen molar-refractivity contribution in [3.05, 3.63) is 23.8 Å². The molecule has 0 spiro atoms. The Morgan fingerprint density at radius 3 is 3.00 bits per heavy atom. The lowest BCUT2D eigenvalue weighted by Gasteiger charge is -2.20. The van der Waals surface area contributed by atoms with Crippen molar-refractivity contribution in [2.45, 2.75) is 13.3 Å². The highest BCUT2D eigenvalue weighted by molar-refractivity contribution is 6.06. The number of nitrogens with zero attached hydrogens (tertiary/aromatic N) is 1. The summed E-state index contributed by atoms with van der Waals surface area (Å²) >= 11 is 0. The molecule has 19 heavy (non-hydrogen) atoms. The number of hydrazone groups is 1. The van der Waals surface area contributed by atoms with Crippen molar-refractivity contribution in [2.75, 3.05) is 24.2 Å². The van der Waals surface area contributed by atoms with E-state index in [9.17, 15) is 4.79 Å². The molecule has 0 fully saturated rings. The van der Waals surface area contributed by atoms with Crippen molar-refractivity contribution in [1.29, 1.82) is 0 Å². The molecule has 0 saturated heterocycles. The van der Waals surface area contributed by atoms with Crippen LogP contribution in [0.25, 0.3) is 0 Å². The van der Waals surface area contributed by atoms with E-state index in [1.807, 2.05) is 25.1 Å². The lowest BCUT2D eigenvalue weighted by Crippen LogP contribution is -2.32. The van der Waals surface area contributed by atoms with Gasteiger partial charge in [0.1, 0.15) is 0 Å². The zero-order chi connectivity index (χ0) is 13.8. The van der Waals surface area contributed by atoms with Gasteiger partial charge in [0.2, 0.25) is 5.91 Å². The molecule has 0 saturated carbocycles. The Morgan fingerprint density at radius 1 is 1.58 bits per heavy atom. The molecule has 1 aliphatic rings. The van der Waals surface area contributed by atoms with E-state index < -0.39 is 0 Å². The molecule has 1 atom stereocenters. The van der Waals surface area contributed by atoms with Crippen LogP contribution >= 0.6 is 0 Å². The lowest BCUT2D eigenvalue weighted by molar-refractivity contribution is -0.121. The number of carbonyl (C=O) groups is 1. The topological polar surface area (TPSA) is 99.7 Å². The molecule has 0 aromatic heterocycles.